The van der Waals surface area contributed by atoms with Crippen LogP contribution in [0.1, 0.15) is 12.5 Å². The molecular weight excluding hydrogens is 184 g/mol. The first-order valence-electron chi connectivity index (χ1n) is 5.40. The van der Waals surface area contributed by atoms with E-state index in [1.165, 1.54) is 0 Å². The van der Waals surface area contributed by atoms with Crippen molar-refractivity contribution in [2.24, 2.45) is 0 Å². The Morgan fingerprint density at radius 3 is 2.87 bits per heavy atom. The average Bonchev–Trinajstić information content (AvgIpc) is 2.29. The second-order valence-corrected chi connectivity index (χ2v) is 3.85. The van der Waals surface area contributed by atoms with E-state index in [4.69, 9.17) is 0 Å². The van der Waals surface area contributed by atoms with Gasteiger partial charge in [0.25, 0.3) is 0 Å². The van der Waals surface area contributed by atoms with Crippen molar-refractivity contribution in [1.82, 2.24) is 10.2 Å². The minimum Gasteiger partial charge on any atom is -0.327 e. The van der Waals surface area contributed by atoms with Crippen molar-refractivity contribution in [2.75, 3.05) is 19.6 Å². The second-order valence-electron chi connectivity index (χ2n) is 3.85. The van der Waals surface area contributed by atoms with Crippen molar-refractivity contribution in [3.05, 3.63) is 35.9 Å². The summed E-state index contributed by atoms with van der Waals surface area (Å²) >= 11 is 0. The number of rotatable bonds is 0. The standard InChI is InChI=1S/C13H16N2/c1-12-11-14-8-10-15(12)9-7-13-5-3-2-4-6-13/h2-6,12,14H,8,10-11H2,1H3. The highest BCUT2D eigenvalue weighted by Crippen LogP contribution is 2.01. The van der Waals surface area contributed by atoms with Crippen LogP contribution in [-0.2, 0) is 0 Å². The Labute approximate surface area is 91.3 Å². The smallest absolute Gasteiger partial charge is 0.0468 e. The molecule has 0 spiro atoms. The highest BCUT2D eigenvalue weighted by molar-refractivity contribution is 5.33. The lowest BCUT2D eigenvalue weighted by Crippen LogP contribution is -2.47. The van der Waals surface area contributed by atoms with Crippen molar-refractivity contribution in [3.63, 3.8) is 0 Å². The largest absolute Gasteiger partial charge is 0.327 e. The molecule has 0 aliphatic carbocycles. The monoisotopic (exact) mass is 200 g/mol. The molecule has 2 rings (SSSR count). The van der Waals surface area contributed by atoms with Crippen LogP contribution in [-0.4, -0.2) is 30.6 Å². The summed E-state index contributed by atoms with van der Waals surface area (Å²) in [4.78, 5) is 2.21. The van der Waals surface area contributed by atoms with Gasteiger partial charge in [0.2, 0.25) is 0 Å². The fourth-order valence-electron chi connectivity index (χ4n) is 1.66. The quantitative estimate of drug-likeness (QED) is 0.635. The third-order valence-corrected chi connectivity index (χ3v) is 2.62. The molecule has 1 aliphatic heterocycles. The van der Waals surface area contributed by atoms with Gasteiger partial charge in [-0.2, -0.15) is 0 Å². The van der Waals surface area contributed by atoms with Gasteiger partial charge in [0.05, 0.1) is 0 Å². The fourth-order valence-corrected chi connectivity index (χ4v) is 1.66. The predicted octanol–water partition coefficient (Wildman–Crippen LogP) is 1.29. The molecule has 1 heterocycles. The van der Waals surface area contributed by atoms with E-state index >= 15 is 0 Å². The minimum atomic E-state index is 0.509. The van der Waals surface area contributed by atoms with Crippen molar-refractivity contribution in [2.45, 2.75) is 13.0 Å². The van der Waals surface area contributed by atoms with Gasteiger partial charge in [-0.05, 0) is 25.0 Å². The normalized spacial score (nSPS) is 20.6. The molecule has 78 valence electrons. The van der Waals surface area contributed by atoms with Crippen molar-refractivity contribution < 1.29 is 0 Å². The summed E-state index contributed by atoms with van der Waals surface area (Å²) < 4.78 is 0. The van der Waals surface area contributed by atoms with Crippen LogP contribution in [0.3, 0.4) is 0 Å². The van der Waals surface area contributed by atoms with E-state index in [9.17, 15) is 0 Å². The number of nitrogens with zero attached hydrogens (tertiary/aromatic N) is 1. The summed E-state index contributed by atoms with van der Waals surface area (Å²) in [6.07, 6.45) is 0. The Hall–Kier alpha value is -1.46. The van der Waals surface area contributed by atoms with Gasteiger partial charge in [-0.1, -0.05) is 18.2 Å². The van der Waals surface area contributed by atoms with E-state index < -0.39 is 0 Å². The van der Waals surface area contributed by atoms with Crippen LogP contribution in [0.25, 0.3) is 0 Å². The number of hydrogen-bond donors (Lipinski definition) is 1. The minimum absolute atomic E-state index is 0.509. The molecule has 1 N–H and O–H groups in total. The van der Waals surface area contributed by atoms with Gasteiger partial charge in [0.15, 0.2) is 0 Å². The van der Waals surface area contributed by atoms with Crippen LogP contribution in [0.15, 0.2) is 30.3 Å². The summed E-state index contributed by atoms with van der Waals surface area (Å²) in [5.41, 5.74) is 1.09. The fraction of sp³-hybridized carbons (Fsp3) is 0.385. The number of nitrogens with one attached hydrogen (secondary N) is 1. The second kappa shape index (κ2) is 4.86. The molecule has 0 saturated carbocycles. The van der Waals surface area contributed by atoms with Crippen molar-refractivity contribution in [1.29, 1.82) is 0 Å². The summed E-state index contributed by atoms with van der Waals surface area (Å²) in [6.45, 7) is 5.28. The molecule has 0 amide bonds. The maximum atomic E-state index is 3.35. The Morgan fingerprint density at radius 2 is 2.13 bits per heavy atom. The highest BCUT2D eigenvalue weighted by atomic mass is 15.2. The Morgan fingerprint density at radius 1 is 1.33 bits per heavy atom. The average molecular weight is 200 g/mol. The molecule has 1 aromatic carbocycles. The van der Waals surface area contributed by atoms with Crippen LogP contribution in [0.5, 0.6) is 0 Å². The van der Waals surface area contributed by atoms with Gasteiger partial charge in [-0.3, -0.25) is 0 Å². The zero-order chi connectivity index (χ0) is 10.5. The molecule has 1 aliphatic rings. The molecule has 1 saturated heterocycles. The van der Waals surface area contributed by atoms with Gasteiger partial charge < -0.3 is 10.2 Å². The van der Waals surface area contributed by atoms with Crippen LogP contribution in [0.4, 0.5) is 0 Å². The first-order valence-corrected chi connectivity index (χ1v) is 5.40. The van der Waals surface area contributed by atoms with Gasteiger partial charge in [0, 0.05) is 37.3 Å². The van der Waals surface area contributed by atoms with Gasteiger partial charge in [-0.15, -0.1) is 0 Å². The molecule has 1 fully saturated rings. The molecule has 2 heteroatoms. The first kappa shape index (κ1) is 10.1. The third kappa shape index (κ3) is 2.74. The highest BCUT2D eigenvalue weighted by Gasteiger charge is 2.13. The maximum absolute atomic E-state index is 3.35. The van der Waals surface area contributed by atoms with Crippen molar-refractivity contribution >= 4 is 0 Å². The SMILES string of the molecule is CC1CNCCN1C#Cc1ccccc1. The molecule has 0 radical (unpaired) electrons. The molecular formula is C13H16N2. The first-order chi connectivity index (χ1) is 7.36. The van der Waals surface area contributed by atoms with Crippen LogP contribution < -0.4 is 5.32 Å². The van der Waals surface area contributed by atoms with Crippen LogP contribution in [0.2, 0.25) is 0 Å². The molecule has 2 nitrogen and oxygen atoms in total. The summed E-state index contributed by atoms with van der Waals surface area (Å²) in [7, 11) is 0. The van der Waals surface area contributed by atoms with Crippen LogP contribution >= 0.6 is 0 Å². The van der Waals surface area contributed by atoms with E-state index in [0.29, 0.717) is 6.04 Å². The lowest BCUT2D eigenvalue weighted by molar-refractivity contribution is 0.260. The molecule has 1 aromatic rings. The molecule has 15 heavy (non-hydrogen) atoms. The Bertz CT molecular complexity index is 361. The van der Waals surface area contributed by atoms with E-state index in [0.717, 1.165) is 25.2 Å². The number of piperazine rings is 1. The van der Waals surface area contributed by atoms with E-state index in [-0.39, 0.29) is 0 Å². The zero-order valence-corrected chi connectivity index (χ0v) is 9.03. The van der Waals surface area contributed by atoms with Gasteiger partial charge in [0.1, 0.15) is 0 Å². The predicted molar refractivity (Wildman–Crippen MR) is 62.4 cm³/mol. The Kier molecular flexibility index (Phi) is 3.26. The molecule has 1 unspecified atom stereocenters. The molecule has 0 aromatic heterocycles. The van der Waals surface area contributed by atoms with E-state index in [1.54, 1.807) is 0 Å². The van der Waals surface area contributed by atoms with E-state index in [2.05, 4.69) is 29.1 Å². The topological polar surface area (TPSA) is 15.3 Å². The molecule has 0 bridgehead atoms. The maximum Gasteiger partial charge on any atom is 0.0468 e. The number of hydrogen-bond acceptors (Lipinski definition) is 2. The van der Waals surface area contributed by atoms with E-state index in [1.807, 2.05) is 30.3 Å². The lowest BCUT2D eigenvalue weighted by Gasteiger charge is -2.30. The number of benzene rings is 1. The molecule has 1 atom stereocenters. The van der Waals surface area contributed by atoms with Crippen molar-refractivity contribution in [3.8, 4) is 12.0 Å². The van der Waals surface area contributed by atoms with Gasteiger partial charge in [-0.25, -0.2) is 0 Å². The summed E-state index contributed by atoms with van der Waals surface area (Å²) in [5, 5.41) is 3.35. The Balaban J connectivity index is 2.04. The third-order valence-electron chi connectivity index (χ3n) is 2.62. The lowest BCUT2D eigenvalue weighted by atomic mass is 10.2. The van der Waals surface area contributed by atoms with Crippen LogP contribution in [0, 0.1) is 12.0 Å². The summed E-state index contributed by atoms with van der Waals surface area (Å²) in [5.74, 6) is 3.19. The summed E-state index contributed by atoms with van der Waals surface area (Å²) in [6, 6.07) is 13.9. The van der Waals surface area contributed by atoms with Gasteiger partial charge >= 0.3 is 0 Å². The zero-order valence-electron chi connectivity index (χ0n) is 9.03.